The second-order valence-electron chi connectivity index (χ2n) is 6.72. The topological polar surface area (TPSA) is 44.4 Å². The lowest BCUT2D eigenvalue weighted by Gasteiger charge is -2.30. The molecule has 0 spiro atoms. The molecular weight excluding hydrogens is 274 g/mol. The van der Waals surface area contributed by atoms with Crippen molar-refractivity contribution < 1.29 is 4.79 Å². The summed E-state index contributed by atoms with van der Waals surface area (Å²) in [7, 11) is 2.14. The Morgan fingerprint density at radius 1 is 1.23 bits per heavy atom. The fourth-order valence-corrected chi connectivity index (χ4v) is 3.67. The summed E-state index contributed by atoms with van der Waals surface area (Å²) >= 11 is 0. The Hall–Kier alpha value is -1.55. The highest BCUT2D eigenvalue weighted by Crippen LogP contribution is 2.30. The Labute approximate surface area is 133 Å². The van der Waals surface area contributed by atoms with E-state index in [4.69, 9.17) is 0 Å². The van der Waals surface area contributed by atoms with Gasteiger partial charge in [-0.3, -0.25) is 0 Å². The Morgan fingerprint density at radius 2 is 2.00 bits per heavy atom. The van der Waals surface area contributed by atoms with Crippen molar-refractivity contribution in [1.29, 1.82) is 0 Å². The van der Waals surface area contributed by atoms with Gasteiger partial charge in [0.1, 0.15) is 0 Å². The van der Waals surface area contributed by atoms with Crippen LogP contribution in [0.4, 0.5) is 4.79 Å². The van der Waals surface area contributed by atoms with Gasteiger partial charge in [0.15, 0.2) is 0 Å². The molecule has 4 nitrogen and oxygen atoms in total. The van der Waals surface area contributed by atoms with E-state index in [1.807, 2.05) is 0 Å². The Morgan fingerprint density at radius 3 is 2.82 bits per heavy atom. The van der Waals surface area contributed by atoms with Crippen LogP contribution < -0.4 is 10.6 Å². The number of benzene rings is 1. The maximum absolute atomic E-state index is 12.1. The first kappa shape index (κ1) is 15.3. The zero-order valence-corrected chi connectivity index (χ0v) is 13.5. The van der Waals surface area contributed by atoms with Gasteiger partial charge in [-0.05, 0) is 63.4 Å². The summed E-state index contributed by atoms with van der Waals surface area (Å²) in [5.41, 5.74) is 2.88. The molecule has 0 saturated carbocycles. The lowest BCUT2D eigenvalue weighted by molar-refractivity contribution is 0.213. The van der Waals surface area contributed by atoms with Crippen LogP contribution in [0.3, 0.4) is 0 Å². The molecule has 1 aliphatic carbocycles. The summed E-state index contributed by atoms with van der Waals surface area (Å²) in [5.74, 6) is 0.466. The molecule has 1 heterocycles. The van der Waals surface area contributed by atoms with Crippen molar-refractivity contribution in [2.45, 2.75) is 44.1 Å². The molecule has 2 aliphatic rings. The van der Waals surface area contributed by atoms with Crippen LogP contribution >= 0.6 is 0 Å². The summed E-state index contributed by atoms with van der Waals surface area (Å²) in [6, 6.07) is 8.99. The van der Waals surface area contributed by atoms with Crippen molar-refractivity contribution in [3.05, 3.63) is 35.4 Å². The molecule has 1 saturated heterocycles. The van der Waals surface area contributed by atoms with Crippen LogP contribution in [-0.4, -0.2) is 43.7 Å². The number of amides is 2. The largest absolute Gasteiger partial charge is 0.338 e. The van der Waals surface area contributed by atoms with E-state index >= 15 is 0 Å². The van der Waals surface area contributed by atoms with Gasteiger partial charge in [-0.1, -0.05) is 24.3 Å². The molecule has 3 rings (SSSR count). The maximum atomic E-state index is 12.1. The SMILES string of the molecule is CN1CCC(NC(=O)NCC2CCCc3ccccc32)CC1. The van der Waals surface area contributed by atoms with E-state index in [0.29, 0.717) is 12.0 Å². The molecule has 2 amide bonds. The predicted molar refractivity (Wildman–Crippen MR) is 89.2 cm³/mol. The number of urea groups is 1. The summed E-state index contributed by atoms with van der Waals surface area (Å²) in [6.45, 7) is 2.89. The molecule has 2 N–H and O–H groups in total. The van der Waals surface area contributed by atoms with E-state index < -0.39 is 0 Å². The Bertz CT molecular complexity index is 509. The monoisotopic (exact) mass is 301 g/mol. The van der Waals surface area contributed by atoms with Gasteiger partial charge in [0.05, 0.1) is 0 Å². The highest BCUT2D eigenvalue weighted by molar-refractivity contribution is 5.74. The first-order valence-corrected chi connectivity index (χ1v) is 8.53. The van der Waals surface area contributed by atoms with Gasteiger partial charge in [0, 0.05) is 18.5 Å². The molecule has 1 unspecified atom stereocenters. The highest BCUT2D eigenvalue weighted by Gasteiger charge is 2.22. The molecule has 0 bridgehead atoms. The molecule has 22 heavy (non-hydrogen) atoms. The van der Waals surface area contributed by atoms with Crippen LogP contribution in [0.15, 0.2) is 24.3 Å². The summed E-state index contributed by atoms with van der Waals surface area (Å²) in [5, 5.41) is 6.21. The summed E-state index contributed by atoms with van der Waals surface area (Å²) < 4.78 is 0. The fraction of sp³-hybridized carbons (Fsp3) is 0.611. The van der Waals surface area contributed by atoms with Crippen molar-refractivity contribution in [3.8, 4) is 0 Å². The fourth-order valence-electron chi connectivity index (χ4n) is 3.67. The van der Waals surface area contributed by atoms with Crippen molar-refractivity contribution >= 4 is 6.03 Å². The van der Waals surface area contributed by atoms with Crippen molar-refractivity contribution in [2.24, 2.45) is 0 Å². The van der Waals surface area contributed by atoms with E-state index in [1.165, 1.54) is 30.4 Å². The Balaban J connectivity index is 1.48. The van der Waals surface area contributed by atoms with Crippen molar-refractivity contribution in [1.82, 2.24) is 15.5 Å². The molecule has 1 atom stereocenters. The van der Waals surface area contributed by atoms with Crippen LogP contribution in [0.25, 0.3) is 0 Å². The second kappa shape index (κ2) is 7.14. The maximum Gasteiger partial charge on any atom is 0.315 e. The minimum Gasteiger partial charge on any atom is -0.338 e. The van der Waals surface area contributed by atoms with Crippen LogP contribution in [-0.2, 0) is 6.42 Å². The van der Waals surface area contributed by atoms with Gasteiger partial charge in [0.25, 0.3) is 0 Å². The first-order valence-electron chi connectivity index (χ1n) is 8.53. The summed E-state index contributed by atoms with van der Waals surface area (Å²) in [4.78, 5) is 14.4. The number of fused-ring (bicyclic) bond motifs is 1. The normalized spacial score (nSPS) is 22.9. The van der Waals surface area contributed by atoms with Crippen molar-refractivity contribution in [3.63, 3.8) is 0 Å². The third kappa shape index (κ3) is 3.80. The quantitative estimate of drug-likeness (QED) is 0.901. The van der Waals surface area contributed by atoms with Gasteiger partial charge in [0.2, 0.25) is 0 Å². The van der Waals surface area contributed by atoms with Crippen LogP contribution in [0, 0.1) is 0 Å². The minimum atomic E-state index is -0.00222. The molecule has 120 valence electrons. The second-order valence-corrected chi connectivity index (χ2v) is 6.72. The number of carbonyl (C=O) groups excluding carboxylic acids is 1. The van der Waals surface area contributed by atoms with Gasteiger partial charge in [-0.15, -0.1) is 0 Å². The standard InChI is InChI=1S/C18H27N3O/c1-21-11-9-16(10-12-21)20-18(22)19-13-15-7-4-6-14-5-2-3-8-17(14)15/h2-3,5,8,15-16H,4,6-7,9-13H2,1H3,(H2,19,20,22). The molecule has 0 radical (unpaired) electrons. The molecular formula is C18H27N3O. The number of hydrogen-bond donors (Lipinski definition) is 2. The zero-order chi connectivity index (χ0) is 15.4. The Kier molecular flexibility index (Phi) is 4.98. The molecule has 1 fully saturated rings. The molecule has 1 aromatic carbocycles. The minimum absolute atomic E-state index is 0.00222. The van der Waals surface area contributed by atoms with Crippen LogP contribution in [0.5, 0.6) is 0 Å². The van der Waals surface area contributed by atoms with E-state index in [2.05, 4.69) is 46.8 Å². The van der Waals surface area contributed by atoms with E-state index in [9.17, 15) is 4.79 Å². The molecule has 1 aliphatic heterocycles. The summed E-state index contributed by atoms with van der Waals surface area (Å²) in [6.07, 6.45) is 5.67. The lowest BCUT2D eigenvalue weighted by Crippen LogP contribution is -2.47. The molecule has 4 heteroatoms. The third-order valence-electron chi connectivity index (χ3n) is 5.06. The van der Waals surface area contributed by atoms with Crippen LogP contribution in [0.1, 0.15) is 42.7 Å². The van der Waals surface area contributed by atoms with Gasteiger partial charge >= 0.3 is 6.03 Å². The number of nitrogens with one attached hydrogen (secondary N) is 2. The van der Waals surface area contributed by atoms with E-state index in [0.717, 1.165) is 32.5 Å². The van der Waals surface area contributed by atoms with E-state index in [1.54, 1.807) is 0 Å². The lowest BCUT2D eigenvalue weighted by atomic mass is 9.83. The number of rotatable bonds is 3. The molecule has 1 aromatic rings. The number of hydrogen-bond acceptors (Lipinski definition) is 2. The zero-order valence-electron chi connectivity index (χ0n) is 13.5. The van der Waals surface area contributed by atoms with E-state index in [-0.39, 0.29) is 6.03 Å². The van der Waals surface area contributed by atoms with Gasteiger partial charge < -0.3 is 15.5 Å². The number of carbonyl (C=O) groups is 1. The third-order valence-corrected chi connectivity index (χ3v) is 5.06. The predicted octanol–water partition coefficient (Wildman–Crippen LogP) is 2.50. The number of likely N-dealkylation sites (tertiary alicyclic amines) is 1. The highest BCUT2D eigenvalue weighted by atomic mass is 16.2. The smallest absolute Gasteiger partial charge is 0.315 e. The van der Waals surface area contributed by atoms with Crippen molar-refractivity contribution in [2.75, 3.05) is 26.7 Å². The van der Waals surface area contributed by atoms with Gasteiger partial charge in [-0.25, -0.2) is 4.79 Å². The van der Waals surface area contributed by atoms with Gasteiger partial charge in [-0.2, -0.15) is 0 Å². The number of aryl methyl sites for hydroxylation is 1. The average molecular weight is 301 g/mol. The number of piperidine rings is 1. The first-order chi connectivity index (χ1) is 10.7. The number of nitrogens with zero attached hydrogens (tertiary/aromatic N) is 1. The van der Waals surface area contributed by atoms with Crippen LogP contribution in [0.2, 0.25) is 0 Å². The average Bonchev–Trinajstić information content (AvgIpc) is 2.55. The molecule has 0 aromatic heterocycles.